The van der Waals surface area contributed by atoms with E-state index in [0.29, 0.717) is 35.9 Å². The Morgan fingerprint density at radius 2 is 2.00 bits per heavy atom. The van der Waals surface area contributed by atoms with Gasteiger partial charge in [-0.2, -0.15) is 4.98 Å². The first kappa shape index (κ1) is 20.8. The van der Waals surface area contributed by atoms with E-state index in [4.69, 9.17) is 4.52 Å². The smallest absolute Gasteiger partial charge is 0.253 e. The molecule has 1 aliphatic rings. The second-order valence-corrected chi connectivity index (χ2v) is 7.90. The Hall–Kier alpha value is -3.48. The zero-order valence-corrected chi connectivity index (χ0v) is 17.8. The van der Waals surface area contributed by atoms with Crippen LogP contribution in [-0.2, 0) is 4.79 Å². The molecule has 4 rings (SSSR count). The summed E-state index contributed by atoms with van der Waals surface area (Å²) in [6.07, 6.45) is 2.19. The van der Waals surface area contributed by atoms with Crippen molar-refractivity contribution in [3.63, 3.8) is 0 Å². The largest absolute Gasteiger partial charge is 0.339 e. The van der Waals surface area contributed by atoms with Crippen LogP contribution in [0.2, 0.25) is 0 Å². The van der Waals surface area contributed by atoms with Crippen LogP contribution in [0, 0.1) is 6.92 Å². The van der Waals surface area contributed by atoms with Crippen molar-refractivity contribution in [1.29, 1.82) is 0 Å². The Morgan fingerprint density at radius 3 is 2.77 bits per heavy atom. The number of likely N-dealkylation sites (tertiary alicyclic amines) is 1. The monoisotopic (exact) mass is 418 g/mol. The highest BCUT2D eigenvalue weighted by molar-refractivity contribution is 5.94. The number of nitrogens with zero attached hydrogens (tertiary/aromatic N) is 3. The number of hydrogen-bond acceptors (Lipinski definition) is 5. The van der Waals surface area contributed by atoms with Crippen LogP contribution in [0.25, 0.3) is 11.4 Å². The molecule has 0 spiro atoms. The van der Waals surface area contributed by atoms with Crippen LogP contribution < -0.4 is 5.32 Å². The first-order chi connectivity index (χ1) is 15.0. The molecule has 7 nitrogen and oxygen atoms in total. The Morgan fingerprint density at radius 1 is 1.19 bits per heavy atom. The molecule has 1 aliphatic heterocycles. The normalized spacial score (nSPS) is 16.2. The molecular formula is C24H26N4O3. The number of hydrogen-bond donors (Lipinski definition) is 1. The molecule has 0 saturated carbocycles. The van der Waals surface area contributed by atoms with Crippen molar-refractivity contribution in [1.82, 2.24) is 15.0 Å². The summed E-state index contributed by atoms with van der Waals surface area (Å²) in [4.78, 5) is 31.0. The van der Waals surface area contributed by atoms with Crippen molar-refractivity contribution >= 4 is 17.5 Å². The Kier molecular flexibility index (Phi) is 6.11. The van der Waals surface area contributed by atoms with Gasteiger partial charge in [-0.15, -0.1) is 0 Å². The lowest BCUT2D eigenvalue weighted by Crippen LogP contribution is -2.39. The van der Waals surface area contributed by atoms with E-state index in [1.165, 1.54) is 0 Å². The van der Waals surface area contributed by atoms with Gasteiger partial charge in [-0.25, -0.2) is 0 Å². The third-order valence-corrected chi connectivity index (χ3v) is 5.52. The van der Waals surface area contributed by atoms with E-state index >= 15 is 0 Å². The van der Waals surface area contributed by atoms with Crippen LogP contribution in [0.15, 0.2) is 53.1 Å². The molecule has 0 bridgehead atoms. The first-order valence-corrected chi connectivity index (χ1v) is 10.6. The lowest BCUT2D eigenvalue weighted by atomic mass is 9.97. The SMILES string of the molecule is CCC(=O)Nc1cccc(-c2noc([C@H]3CCCN(C(=O)c4ccc(C)cc4)C3)n2)c1. The quantitative estimate of drug-likeness (QED) is 0.663. The standard InChI is InChI=1S/C24H26N4O3/c1-3-21(29)25-20-8-4-6-18(14-20)22-26-23(31-27-22)19-7-5-13-28(15-19)24(30)17-11-9-16(2)10-12-17/h4,6,8-12,14,19H,3,5,7,13,15H2,1-2H3,(H,25,29)/t19-/m0/s1. The number of aromatic nitrogens is 2. The van der Waals surface area contributed by atoms with Crippen LogP contribution in [-0.4, -0.2) is 39.9 Å². The number of piperidine rings is 1. The Bertz CT molecular complexity index is 1070. The van der Waals surface area contributed by atoms with Crippen molar-refractivity contribution in [2.45, 2.75) is 39.0 Å². The lowest BCUT2D eigenvalue weighted by Gasteiger charge is -2.31. The van der Waals surface area contributed by atoms with E-state index < -0.39 is 0 Å². The number of carbonyl (C=O) groups excluding carboxylic acids is 2. The molecule has 7 heteroatoms. The molecule has 2 aromatic carbocycles. The summed E-state index contributed by atoms with van der Waals surface area (Å²) in [6.45, 7) is 5.10. The molecule has 0 unspecified atom stereocenters. The summed E-state index contributed by atoms with van der Waals surface area (Å²) < 4.78 is 5.56. The third kappa shape index (κ3) is 4.82. The van der Waals surface area contributed by atoms with Gasteiger partial charge in [0.15, 0.2) is 0 Å². The molecule has 0 aliphatic carbocycles. The van der Waals surface area contributed by atoms with Gasteiger partial charge in [-0.05, 0) is 44.0 Å². The maximum absolute atomic E-state index is 12.9. The van der Waals surface area contributed by atoms with Gasteiger partial charge >= 0.3 is 0 Å². The molecular weight excluding hydrogens is 392 g/mol. The highest BCUT2D eigenvalue weighted by Gasteiger charge is 2.29. The molecule has 1 aromatic heterocycles. The molecule has 0 radical (unpaired) electrons. The minimum Gasteiger partial charge on any atom is -0.339 e. The predicted molar refractivity (Wildman–Crippen MR) is 118 cm³/mol. The average Bonchev–Trinajstić information content (AvgIpc) is 3.30. The molecule has 2 amide bonds. The van der Waals surface area contributed by atoms with Crippen LogP contribution in [0.4, 0.5) is 5.69 Å². The number of aryl methyl sites for hydroxylation is 1. The molecule has 1 N–H and O–H groups in total. The zero-order chi connectivity index (χ0) is 21.8. The van der Waals surface area contributed by atoms with Crippen LogP contribution >= 0.6 is 0 Å². The fraction of sp³-hybridized carbons (Fsp3) is 0.333. The molecule has 1 atom stereocenters. The number of nitrogens with one attached hydrogen (secondary N) is 1. The number of benzene rings is 2. The number of rotatable bonds is 5. The van der Waals surface area contributed by atoms with Crippen LogP contribution in [0.1, 0.15) is 53.9 Å². The van der Waals surface area contributed by atoms with E-state index in [9.17, 15) is 9.59 Å². The van der Waals surface area contributed by atoms with Gasteiger partial charge in [0.2, 0.25) is 17.6 Å². The van der Waals surface area contributed by atoms with Crippen molar-refractivity contribution in [2.24, 2.45) is 0 Å². The molecule has 160 valence electrons. The van der Waals surface area contributed by atoms with Crippen molar-refractivity contribution in [3.8, 4) is 11.4 Å². The highest BCUT2D eigenvalue weighted by Crippen LogP contribution is 2.29. The highest BCUT2D eigenvalue weighted by atomic mass is 16.5. The molecule has 2 heterocycles. The summed E-state index contributed by atoms with van der Waals surface area (Å²) in [5.41, 5.74) is 3.30. The first-order valence-electron chi connectivity index (χ1n) is 10.6. The molecule has 3 aromatic rings. The van der Waals surface area contributed by atoms with Crippen molar-refractivity contribution in [2.75, 3.05) is 18.4 Å². The second kappa shape index (κ2) is 9.12. The lowest BCUT2D eigenvalue weighted by molar-refractivity contribution is -0.115. The number of carbonyl (C=O) groups is 2. The van der Waals surface area contributed by atoms with E-state index in [-0.39, 0.29) is 17.7 Å². The predicted octanol–water partition coefficient (Wildman–Crippen LogP) is 4.41. The summed E-state index contributed by atoms with van der Waals surface area (Å²) >= 11 is 0. The Labute approximate surface area is 181 Å². The van der Waals surface area contributed by atoms with Gasteiger partial charge in [0, 0.05) is 36.3 Å². The van der Waals surface area contributed by atoms with E-state index in [0.717, 1.165) is 30.5 Å². The van der Waals surface area contributed by atoms with Gasteiger partial charge in [0.25, 0.3) is 5.91 Å². The van der Waals surface area contributed by atoms with Crippen LogP contribution in [0.3, 0.4) is 0 Å². The fourth-order valence-corrected chi connectivity index (χ4v) is 3.75. The van der Waals surface area contributed by atoms with E-state index in [2.05, 4.69) is 15.5 Å². The number of amides is 2. The summed E-state index contributed by atoms with van der Waals surface area (Å²) in [5.74, 6) is 1.01. The molecule has 31 heavy (non-hydrogen) atoms. The van der Waals surface area contributed by atoms with Gasteiger partial charge in [-0.3, -0.25) is 9.59 Å². The minimum atomic E-state index is -0.0495. The minimum absolute atomic E-state index is 0.00683. The van der Waals surface area contributed by atoms with Crippen molar-refractivity contribution < 1.29 is 14.1 Å². The second-order valence-electron chi connectivity index (χ2n) is 7.90. The maximum Gasteiger partial charge on any atom is 0.253 e. The molecule has 1 fully saturated rings. The maximum atomic E-state index is 12.9. The third-order valence-electron chi connectivity index (χ3n) is 5.52. The average molecular weight is 418 g/mol. The summed E-state index contributed by atoms with van der Waals surface area (Å²) in [6, 6.07) is 15.0. The molecule has 1 saturated heterocycles. The van der Waals surface area contributed by atoms with E-state index in [1.54, 1.807) is 0 Å². The fourth-order valence-electron chi connectivity index (χ4n) is 3.75. The van der Waals surface area contributed by atoms with Gasteiger partial charge < -0.3 is 14.7 Å². The van der Waals surface area contributed by atoms with E-state index in [1.807, 2.05) is 67.3 Å². The topological polar surface area (TPSA) is 88.3 Å². The van der Waals surface area contributed by atoms with Gasteiger partial charge in [0.05, 0.1) is 5.92 Å². The zero-order valence-electron chi connectivity index (χ0n) is 17.8. The summed E-state index contributed by atoms with van der Waals surface area (Å²) in [5, 5.41) is 6.98. The van der Waals surface area contributed by atoms with Crippen molar-refractivity contribution in [3.05, 3.63) is 65.5 Å². The Balaban J connectivity index is 1.47. The van der Waals surface area contributed by atoms with Crippen LogP contribution in [0.5, 0.6) is 0 Å². The number of anilines is 1. The summed E-state index contributed by atoms with van der Waals surface area (Å²) in [7, 11) is 0. The van der Waals surface area contributed by atoms with Gasteiger partial charge in [0.1, 0.15) is 0 Å². The van der Waals surface area contributed by atoms with Gasteiger partial charge in [-0.1, -0.05) is 41.9 Å².